The van der Waals surface area contributed by atoms with Crippen LogP contribution in [0.4, 0.5) is 10.1 Å². The molecule has 0 aliphatic heterocycles. The van der Waals surface area contributed by atoms with E-state index < -0.39 is 11.8 Å². The first-order chi connectivity index (χ1) is 18.9. The Morgan fingerprint density at radius 1 is 0.949 bits per heavy atom. The Morgan fingerprint density at radius 2 is 1.69 bits per heavy atom. The second kappa shape index (κ2) is 11.1. The van der Waals surface area contributed by atoms with E-state index in [0.717, 1.165) is 27.6 Å². The second-order valence-corrected chi connectivity index (χ2v) is 9.10. The monoisotopic (exact) mass is 519 g/mol. The number of methoxy groups -OCH3 is 1. The lowest BCUT2D eigenvalue weighted by Gasteiger charge is -2.24. The Morgan fingerprint density at radius 3 is 2.44 bits per heavy atom. The largest absolute Gasteiger partial charge is 0.466 e. The standard InChI is InChI=1S/C32H26FN3O3/c1-35-30-14-13-26(18-27(30)20-34-35)24-11-8-22(9-12-24)21-36(32(38)25-6-4-3-5-7-25)29-17-23(16-28(33)19-29)10-15-31(37)39-2/h3-20H,21H2,1-2H3. The van der Waals surface area contributed by atoms with Crippen LogP contribution in [0.25, 0.3) is 28.1 Å². The Kier molecular flexibility index (Phi) is 7.32. The summed E-state index contributed by atoms with van der Waals surface area (Å²) in [4.78, 5) is 26.7. The van der Waals surface area contributed by atoms with E-state index in [1.165, 1.54) is 36.3 Å². The Balaban J connectivity index is 1.47. The minimum absolute atomic E-state index is 0.221. The maximum atomic E-state index is 14.7. The van der Waals surface area contributed by atoms with Gasteiger partial charge >= 0.3 is 5.97 Å². The first kappa shape index (κ1) is 25.6. The maximum absolute atomic E-state index is 14.7. The number of esters is 1. The van der Waals surface area contributed by atoms with Crippen molar-refractivity contribution in [2.24, 2.45) is 7.05 Å². The van der Waals surface area contributed by atoms with Crippen molar-refractivity contribution in [1.29, 1.82) is 0 Å². The van der Waals surface area contributed by atoms with E-state index in [1.807, 2.05) is 54.3 Å². The molecule has 0 bridgehead atoms. The molecule has 0 saturated carbocycles. The molecule has 194 valence electrons. The third kappa shape index (κ3) is 5.78. The van der Waals surface area contributed by atoms with Crippen LogP contribution in [-0.4, -0.2) is 28.8 Å². The summed E-state index contributed by atoms with van der Waals surface area (Å²) in [5.74, 6) is -1.35. The van der Waals surface area contributed by atoms with Crippen molar-refractivity contribution < 1.29 is 18.7 Å². The molecule has 6 nitrogen and oxygen atoms in total. The van der Waals surface area contributed by atoms with Gasteiger partial charge in [-0.05, 0) is 70.8 Å². The van der Waals surface area contributed by atoms with E-state index >= 15 is 0 Å². The second-order valence-electron chi connectivity index (χ2n) is 9.10. The Labute approximate surface area is 225 Å². The maximum Gasteiger partial charge on any atom is 0.330 e. The van der Waals surface area contributed by atoms with Crippen LogP contribution in [0.5, 0.6) is 0 Å². The van der Waals surface area contributed by atoms with E-state index in [9.17, 15) is 14.0 Å². The molecule has 7 heteroatoms. The van der Waals surface area contributed by atoms with Gasteiger partial charge in [0.05, 0.1) is 25.4 Å². The van der Waals surface area contributed by atoms with Crippen molar-refractivity contribution in [3.8, 4) is 11.1 Å². The average Bonchev–Trinajstić information content (AvgIpc) is 3.34. The van der Waals surface area contributed by atoms with E-state index in [-0.39, 0.29) is 12.5 Å². The van der Waals surface area contributed by atoms with Crippen LogP contribution in [-0.2, 0) is 23.1 Å². The quantitative estimate of drug-likeness (QED) is 0.184. The highest BCUT2D eigenvalue weighted by molar-refractivity contribution is 6.06. The number of aryl methyl sites for hydroxylation is 1. The van der Waals surface area contributed by atoms with Gasteiger partial charge in [-0.15, -0.1) is 0 Å². The molecule has 0 saturated heterocycles. The number of hydrogen-bond acceptors (Lipinski definition) is 4. The van der Waals surface area contributed by atoms with Crippen LogP contribution in [0.3, 0.4) is 0 Å². The van der Waals surface area contributed by atoms with Crippen molar-refractivity contribution >= 4 is 34.5 Å². The van der Waals surface area contributed by atoms with Gasteiger partial charge in [0.25, 0.3) is 5.91 Å². The third-order valence-electron chi connectivity index (χ3n) is 6.47. The summed E-state index contributed by atoms with van der Waals surface area (Å²) in [5.41, 5.74) is 5.32. The van der Waals surface area contributed by atoms with Gasteiger partial charge in [0.15, 0.2) is 0 Å². The number of ether oxygens (including phenoxy) is 1. The fourth-order valence-electron chi connectivity index (χ4n) is 4.43. The minimum atomic E-state index is -0.555. The zero-order valence-corrected chi connectivity index (χ0v) is 21.5. The minimum Gasteiger partial charge on any atom is -0.466 e. The summed E-state index contributed by atoms with van der Waals surface area (Å²) in [7, 11) is 3.18. The number of amides is 1. The number of rotatable bonds is 7. The summed E-state index contributed by atoms with van der Waals surface area (Å²) >= 11 is 0. The highest BCUT2D eigenvalue weighted by Gasteiger charge is 2.19. The summed E-state index contributed by atoms with van der Waals surface area (Å²) in [6.07, 6.45) is 4.51. The number of fused-ring (bicyclic) bond motifs is 1. The molecule has 0 spiro atoms. The molecular weight excluding hydrogens is 493 g/mol. The molecule has 0 fully saturated rings. The highest BCUT2D eigenvalue weighted by Crippen LogP contribution is 2.27. The fourth-order valence-corrected chi connectivity index (χ4v) is 4.43. The molecule has 1 aromatic heterocycles. The number of carbonyl (C=O) groups excluding carboxylic acids is 2. The first-order valence-electron chi connectivity index (χ1n) is 12.4. The average molecular weight is 520 g/mol. The molecule has 0 N–H and O–H groups in total. The smallest absolute Gasteiger partial charge is 0.330 e. The van der Waals surface area contributed by atoms with Crippen molar-refractivity contribution in [3.05, 3.63) is 126 Å². The number of nitrogens with zero attached hydrogens (tertiary/aromatic N) is 3. The first-order valence-corrected chi connectivity index (χ1v) is 12.4. The summed E-state index contributed by atoms with van der Waals surface area (Å²) in [6, 6.07) is 27.3. The lowest BCUT2D eigenvalue weighted by molar-refractivity contribution is -0.134. The zero-order chi connectivity index (χ0) is 27.4. The van der Waals surface area contributed by atoms with Gasteiger partial charge < -0.3 is 9.64 Å². The van der Waals surface area contributed by atoms with E-state index in [0.29, 0.717) is 16.8 Å². The van der Waals surface area contributed by atoms with Gasteiger partial charge in [-0.25, -0.2) is 9.18 Å². The van der Waals surface area contributed by atoms with Crippen LogP contribution in [0.1, 0.15) is 21.5 Å². The number of anilines is 1. The SMILES string of the molecule is COC(=O)C=Cc1cc(F)cc(N(Cc2ccc(-c3ccc4c(cnn4C)c3)cc2)C(=O)c2ccccc2)c1. The van der Waals surface area contributed by atoms with Gasteiger partial charge in [0, 0.05) is 29.8 Å². The number of carbonyl (C=O) groups is 2. The number of halogens is 1. The lowest BCUT2D eigenvalue weighted by Crippen LogP contribution is -2.30. The van der Waals surface area contributed by atoms with Crippen LogP contribution in [0.2, 0.25) is 0 Å². The van der Waals surface area contributed by atoms with Crippen LogP contribution < -0.4 is 4.90 Å². The van der Waals surface area contributed by atoms with Crippen molar-refractivity contribution in [2.75, 3.05) is 12.0 Å². The molecular formula is C32H26FN3O3. The fraction of sp³-hybridized carbons (Fsp3) is 0.0938. The lowest BCUT2D eigenvalue weighted by atomic mass is 10.0. The molecule has 0 aliphatic carbocycles. The summed E-state index contributed by atoms with van der Waals surface area (Å²) < 4.78 is 21.1. The van der Waals surface area contributed by atoms with Crippen LogP contribution in [0.15, 0.2) is 103 Å². The molecule has 0 aliphatic rings. The number of aromatic nitrogens is 2. The van der Waals surface area contributed by atoms with Crippen molar-refractivity contribution in [3.63, 3.8) is 0 Å². The highest BCUT2D eigenvalue weighted by atomic mass is 19.1. The van der Waals surface area contributed by atoms with E-state index in [4.69, 9.17) is 0 Å². The van der Waals surface area contributed by atoms with Gasteiger partial charge in [-0.3, -0.25) is 9.48 Å². The zero-order valence-electron chi connectivity index (χ0n) is 21.5. The van der Waals surface area contributed by atoms with Crippen LogP contribution in [0, 0.1) is 5.82 Å². The van der Waals surface area contributed by atoms with E-state index in [2.05, 4.69) is 22.0 Å². The van der Waals surface area contributed by atoms with Crippen LogP contribution >= 0.6 is 0 Å². The molecule has 0 radical (unpaired) electrons. The molecule has 1 amide bonds. The molecule has 0 unspecified atom stereocenters. The number of hydrogen-bond donors (Lipinski definition) is 0. The Hall–Kier alpha value is -5.04. The predicted octanol–water partition coefficient (Wildman–Crippen LogP) is 6.41. The van der Waals surface area contributed by atoms with Crippen molar-refractivity contribution in [1.82, 2.24) is 9.78 Å². The van der Waals surface area contributed by atoms with Gasteiger partial charge in [-0.2, -0.15) is 5.10 Å². The van der Waals surface area contributed by atoms with Gasteiger partial charge in [0.2, 0.25) is 0 Å². The predicted molar refractivity (Wildman–Crippen MR) is 151 cm³/mol. The summed E-state index contributed by atoms with van der Waals surface area (Å²) in [5, 5.41) is 5.37. The molecule has 0 atom stereocenters. The van der Waals surface area contributed by atoms with Crippen molar-refractivity contribution in [2.45, 2.75) is 6.54 Å². The molecule has 5 aromatic rings. The molecule has 5 rings (SSSR count). The molecule has 39 heavy (non-hydrogen) atoms. The summed E-state index contributed by atoms with van der Waals surface area (Å²) in [6.45, 7) is 0.221. The Bertz CT molecular complexity index is 1670. The van der Waals surface area contributed by atoms with Gasteiger partial charge in [0.1, 0.15) is 5.82 Å². The molecule has 1 heterocycles. The topological polar surface area (TPSA) is 64.4 Å². The third-order valence-corrected chi connectivity index (χ3v) is 6.47. The van der Waals surface area contributed by atoms with E-state index in [1.54, 1.807) is 30.3 Å². The molecule has 4 aromatic carbocycles. The van der Waals surface area contributed by atoms with Gasteiger partial charge in [-0.1, -0.05) is 48.5 Å². The normalized spacial score (nSPS) is 11.2. The number of benzene rings is 4.